The predicted molar refractivity (Wildman–Crippen MR) is 143 cm³/mol. The molecule has 8 nitrogen and oxygen atoms in total. The van der Waals surface area contributed by atoms with Crippen LogP contribution >= 0.6 is 0 Å². The van der Waals surface area contributed by atoms with Gasteiger partial charge in [-0.3, -0.25) is 14.8 Å². The molecule has 0 aliphatic carbocycles. The molecule has 0 unspecified atom stereocenters. The third-order valence-electron chi connectivity index (χ3n) is 7.96. The second-order valence-electron chi connectivity index (χ2n) is 10.3. The van der Waals surface area contributed by atoms with Gasteiger partial charge in [0.05, 0.1) is 11.1 Å². The fourth-order valence-electron chi connectivity index (χ4n) is 6.18. The van der Waals surface area contributed by atoms with E-state index in [2.05, 4.69) is 72.1 Å². The maximum absolute atomic E-state index is 9.55. The van der Waals surface area contributed by atoms with Gasteiger partial charge in [-0.1, -0.05) is 0 Å². The van der Waals surface area contributed by atoms with E-state index in [-0.39, 0.29) is 0 Å². The number of benzene rings is 1. The maximum Gasteiger partial charge on any atom is 0.128 e. The second kappa shape index (κ2) is 10.0. The highest BCUT2D eigenvalue weighted by atomic mass is 15.4. The van der Waals surface area contributed by atoms with E-state index in [4.69, 9.17) is 0 Å². The Morgan fingerprint density at radius 3 is 2.72 bits per heavy atom. The van der Waals surface area contributed by atoms with Crippen molar-refractivity contribution in [2.24, 2.45) is 0 Å². The van der Waals surface area contributed by atoms with Crippen molar-refractivity contribution in [2.75, 3.05) is 68.7 Å². The zero-order valence-electron chi connectivity index (χ0n) is 21.0. The summed E-state index contributed by atoms with van der Waals surface area (Å²) >= 11 is 0. The van der Waals surface area contributed by atoms with E-state index < -0.39 is 0 Å². The topological polar surface area (TPSA) is 74.6 Å². The molecular weight excluding hydrogens is 448 g/mol. The molecule has 36 heavy (non-hydrogen) atoms. The summed E-state index contributed by atoms with van der Waals surface area (Å²) in [6, 6.07) is 15.8. The van der Waals surface area contributed by atoms with Crippen LogP contribution in [0.1, 0.15) is 18.1 Å². The largest absolute Gasteiger partial charge is 0.368 e. The third-order valence-corrected chi connectivity index (χ3v) is 7.96. The lowest BCUT2D eigenvalue weighted by Gasteiger charge is -2.51. The number of nitrogens with zero attached hydrogens (tertiary/aromatic N) is 7. The molecule has 1 N–H and O–H groups in total. The first-order valence-electron chi connectivity index (χ1n) is 13.1. The molecule has 3 aromatic rings. The second-order valence-corrected chi connectivity index (χ2v) is 10.3. The lowest BCUT2D eigenvalue weighted by molar-refractivity contribution is 0.0318. The Morgan fingerprint density at radius 1 is 0.972 bits per heavy atom. The van der Waals surface area contributed by atoms with Crippen LogP contribution < -0.4 is 15.1 Å². The molecule has 3 fully saturated rings. The van der Waals surface area contributed by atoms with E-state index in [0.717, 1.165) is 82.2 Å². The number of rotatable bonds is 4. The molecule has 0 bridgehead atoms. The molecule has 0 spiro atoms. The molecule has 6 rings (SSSR count). The van der Waals surface area contributed by atoms with Gasteiger partial charge in [-0.25, -0.2) is 4.98 Å². The zero-order chi connectivity index (χ0) is 24.5. The van der Waals surface area contributed by atoms with Gasteiger partial charge in [0.2, 0.25) is 0 Å². The van der Waals surface area contributed by atoms with Crippen LogP contribution in [0.2, 0.25) is 0 Å². The number of hydrogen-bond donors (Lipinski definition) is 1. The average Bonchev–Trinajstić information content (AvgIpc) is 2.93. The molecule has 1 aromatic carbocycles. The summed E-state index contributed by atoms with van der Waals surface area (Å²) in [4.78, 5) is 19.4. The van der Waals surface area contributed by atoms with Gasteiger partial charge in [0.25, 0.3) is 0 Å². The van der Waals surface area contributed by atoms with Crippen molar-refractivity contribution in [1.82, 2.24) is 25.1 Å². The molecule has 3 saturated heterocycles. The van der Waals surface area contributed by atoms with Crippen molar-refractivity contribution in [1.29, 1.82) is 5.26 Å². The Balaban J connectivity index is 1.18. The van der Waals surface area contributed by atoms with Gasteiger partial charge in [0.1, 0.15) is 11.9 Å². The minimum atomic E-state index is 0.472. The highest BCUT2D eigenvalue weighted by Crippen LogP contribution is 2.32. The van der Waals surface area contributed by atoms with Crippen molar-refractivity contribution < 1.29 is 0 Å². The summed E-state index contributed by atoms with van der Waals surface area (Å²) in [5.41, 5.74) is 3.98. The van der Waals surface area contributed by atoms with Gasteiger partial charge in [-0.2, -0.15) is 5.26 Å². The number of hydrogen-bond acceptors (Lipinski definition) is 8. The number of fused-ring (bicyclic) bond motifs is 2. The van der Waals surface area contributed by atoms with Crippen LogP contribution in [0.4, 0.5) is 11.5 Å². The molecule has 3 aliphatic rings. The van der Waals surface area contributed by atoms with E-state index in [0.29, 0.717) is 17.6 Å². The molecule has 0 radical (unpaired) electrons. The van der Waals surface area contributed by atoms with Crippen LogP contribution in [0, 0.1) is 11.3 Å². The van der Waals surface area contributed by atoms with Crippen molar-refractivity contribution in [3.8, 4) is 6.07 Å². The smallest absolute Gasteiger partial charge is 0.128 e. The minimum absolute atomic E-state index is 0.472. The standard InChI is InChI=1S/C28H34N8/c1-21-17-35(26-5-4-23(16-29)28-25(26)3-2-7-32-28)20-24-19-33(13-14-36(21)24)18-22-6-8-31-27(15-22)34-11-9-30-10-12-34/h2-8,15,21,24,30H,9-14,17-20H2,1H3/t21-,24+/m1/s1. The molecule has 8 heteroatoms. The molecule has 186 valence electrons. The van der Waals surface area contributed by atoms with Crippen molar-refractivity contribution in [2.45, 2.75) is 25.6 Å². The molecule has 0 amide bonds. The summed E-state index contributed by atoms with van der Waals surface area (Å²) in [5.74, 6) is 1.10. The number of nitriles is 1. The monoisotopic (exact) mass is 482 g/mol. The third kappa shape index (κ3) is 4.50. The average molecular weight is 483 g/mol. The van der Waals surface area contributed by atoms with Crippen LogP contribution in [0.5, 0.6) is 0 Å². The Labute approximate surface area is 213 Å². The first kappa shape index (κ1) is 23.2. The molecule has 2 atom stereocenters. The van der Waals surface area contributed by atoms with Gasteiger partial charge < -0.3 is 15.1 Å². The summed E-state index contributed by atoms with van der Waals surface area (Å²) in [5, 5.41) is 14.0. The normalized spacial score (nSPS) is 23.4. The number of aromatic nitrogens is 2. The zero-order valence-corrected chi connectivity index (χ0v) is 21.0. The predicted octanol–water partition coefficient (Wildman–Crippen LogP) is 2.31. The van der Waals surface area contributed by atoms with Crippen LogP contribution in [0.15, 0.2) is 48.8 Å². The van der Waals surface area contributed by atoms with Crippen molar-refractivity contribution in [3.63, 3.8) is 0 Å². The number of piperazine rings is 3. The summed E-state index contributed by atoms with van der Waals surface area (Å²) in [6.45, 7) is 12.6. The van der Waals surface area contributed by atoms with Crippen LogP contribution in [-0.4, -0.2) is 90.8 Å². The van der Waals surface area contributed by atoms with Crippen molar-refractivity contribution in [3.05, 3.63) is 59.9 Å². The Hall–Kier alpha value is -3.25. The van der Waals surface area contributed by atoms with Crippen LogP contribution in [0.3, 0.4) is 0 Å². The SMILES string of the molecule is C[C@@H]1CN(c2ccc(C#N)c3ncccc23)C[C@@H]2CN(Cc3ccnc(N4CCNCC4)c3)CCN21. The Kier molecular flexibility index (Phi) is 6.45. The van der Waals surface area contributed by atoms with Crippen molar-refractivity contribution >= 4 is 22.4 Å². The fraction of sp³-hybridized carbons (Fsp3) is 0.464. The van der Waals surface area contributed by atoms with E-state index in [9.17, 15) is 5.26 Å². The fourth-order valence-corrected chi connectivity index (χ4v) is 6.18. The van der Waals surface area contributed by atoms with Gasteiger partial charge in [0, 0.05) is 101 Å². The lowest BCUT2D eigenvalue weighted by Crippen LogP contribution is -2.65. The number of nitrogens with one attached hydrogen (secondary N) is 1. The lowest BCUT2D eigenvalue weighted by atomic mass is 10.0. The molecule has 5 heterocycles. The van der Waals surface area contributed by atoms with Crippen LogP contribution in [0.25, 0.3) is 10.9 Å². The van der Waals surface area contributed by atoms with E-state index >= 15 is 0 Å². The van der Waals surface area contributed by atoms with Gasteiger partial charge in [-0.05, 0) is 48.9 Å². The Morgan fingerprint density at radius 2 is 1.86 bits per heavy atom. The quantitative estimate of drug-likeness (QED) is 0.607. The highest BCUT2D eigenvalue weighted by molar-refractivity contribution is 5.95. The summed E-state index contributed by atoms with van der Waals surface area (Å²) < 4.78 is 0. The van der Waals surface area contributed by atoms with Gasteiger partial charge >= 0.3 is 0 Å². The summed E-state index contributed by atoms with van der Waals surface area (Å²) in [7, 11) is 0. The molecule has 0 saturated carbocycles. The minimum Gasteiger partial charge on any atom is -0.368 e. The first-order valence-corrected chi connectivity index (χ1v) is 13.1. The van der Waals surface area contributed by atoms with Gasteiger partial charge in [-0.15, -0.1) is 0 Å². The number of anilines is 2. The van der Waals surface area contributed by atoms with E-state index in [1.807, 2.05) is 18.3 Å². The number of pyridine rings is 2. The van der Waals surface area contributed by atoms with Crippen LogP contribution in [-0.2, 0) is 6.54 Å². The first-order chi connectivity index (χ1) is 17.7. The van der Waals surface area contributed by atoms with Gasteiger partial charge in [0.15, 0.2) is 0 Å². The summed E-state index contributed by atoms with van der Waals surface area (Å²) in [6.07, 6.45) is 3.75. The molecule has 3 aliphatic heterocycles. The maximum atomic E-state index is 9.55. The molecular formula is C28H34N8. The molecule has 2 aromatic heterocycles. The van der Waals surface area contributed by atoms with E-state index in [1.165, 1.54) is 11.3 Å². The van der Waals surface area contributed by atoms with E-state index in [1.54, 1.807) is 6.20 Å². The highest BCUT2D eigenvalue weighted by Gasteiger charge is 2.36. The Bertz CT molecular complexity index is 1260.